The first-order chi connectivity index (χ1) is 4.77. The smallest absolute Gasteiger partial charge is 1.00 e. The molecular formula is C8H15ClMgO2. The van der Waals surface area contributed by atoms with E-state index in [4.69, 9.17) is 0 Å². The Labute approximate surface area is 96.7 Å². The maximum Gasteiger partial charge on any atom is 2.00 e. The zero-order chi connectivity index (χ0) is 7.82. The van der Waals surface area contributed by atoms with Crippen molar-refractivity contribution in [1.82, 2.24) is 0 Å². The molecule has 0 bridgehead atoms. The van der Waals surface area contributed by atoms with Crippen molar-refractivity contribution in [3.63, 3.8) is 0 Å². The maximum absolute atomic E-state index is 9.92. The second kappa shape index (κ2) is 14.1. The number of hydrogen-bond acceptors (Lipinski definition) is 2. The Balaban J connectivity index is -0.000000405. The fraction of sp³-hybridized carbons (Fsp3) is 0.875. The van der Waals surface area contributed by atoms with Gasteiger partial charge in [0, 0.05) is 5.97 Å². The van der Waals surface area contributed by atoms with E-state index in [0.29, 0.717) is 0 Å². The quantitative estimate of drug-likeness (QED) is 0.360. The molecule has 0 heterocycles. The van der Waals surface area contributed by atoms with Gasteiger partial charge in [0.2, 0.25) is 0 Å². The van der Waals surface area contributed by atoms with E-state index in [1.807, 2.05) is 0 Å². The van der Waals surface area contributed by atoms with Crippen molar-refractivity contribution in [2.75, 3.05) is 0 Å². The summed E-state index contributed by atoms with van der Waals surface area (Å²) in [5.41, 5.74) is 0. The Morgan fingerprint density at radius 1 is 1.17 bits per heavy atom. The molecule has 0 aromatic rings. The third-order valence-electron chi connectivity index (χ3n) is 1.48. The largest absolute Gasteiger partial charge is 2.00 e. The Kier molecular flexibility index (Phi) is 21.5. The van der Waals surface area contributed by atoms with Gasteiger partial charge in [0.15, 0.2) is 0 Å². The van der Waals surface area contributed by atoms with Crippen LogP contribution in [0.1, 0.15) is 45.4 Å². The van der Waals surface area contributed by atoms with Crippen LogP contribution in [0.3, 0.4) is 0 Å². The van der Waals surface area contributed by atoms with E-state index in [9.17, 15) is 9.90 Å². The Morgan fingerprint density at radius 3 is 2.08 bits per heavy atom. The van der Waals surface area contributed by atoms with Crippen molar-refractivity contribution in [1.29, 1.82) is 0 Å². The third kappa shape index (κ3) is 16.9. The molecule has 12 heavy (non-hydrogen) atoms. The van der Waals surface area contributed by atoms with Crippen LogP contribution in [0.5, 0.6) is 0 Å². The van der Waals surface area contributed by atoms with Crippen LogP contribution < -0.4 is 17.5 Å². The summed E-state index contributed by atoms with van der Waals surface area (Å²) in [7, 11) is 0. The van der Waals surface area contributed by atoms with Crippen LogP contribution in [0, 0.1) is 0 Å². The van der Waals surface area contributed by atoms with Crippen molar-refractivity contribution < 1.29 is 22.3 Å². The van der Waals surface area contributed by atoms with Crippen molar-refractivity contribution >= 4 is 29.0 Å². The Hall–Kier alpha value is 0.526. The number of carboxylic acid groups (broad SMARTS) is 1. The maximum atomic E-state index is 9.92. The molecule has 0 aromatic heterocycles. The molecule has 0 radical (unpaired) electrons. The monoisotopic (exact) mass is 202 g/mol. The van der Waals surface area contributed by atoms with Gasteiger partial charge in [-0.1, -0.05) is 32.6 Å². The van der Waals surface area contributed by atoms with Crippen LogP contribution in [-0.4, -0.2) is 29.0 Å². The zero-order valence-electron chi connectivity index (χ0n) is 7.64. The SMILES string of the molecule is CCCCCCCC(=O)[O-].[Cl-].[Mg+2]. The van der Waals surface area contributed by atoms with Gasteiger partial charge >= 0.3 is 23.1 Å². The normalized spacial score (nSPS) is 8.08. The number of halogens is 1. The molecule has 0 N–H and O–H groups in total. The van der Waals surface area contributed by atoms with Crippen molar-refractivity contribution in [3.05, 3.63) is 0 Å². The first-order valence-electron chi connectivity index (χ1n) is 3.97. The summed E-state index contributed by atoms with van der Waals surface area (Å²) in [6, 6.07) is 0. The molecular weight excluding hydrogens is 188 g/mol. The number of carboxylic acids is 1. The standard InChI is InChI=1S/C8H16O2.ClH.Mg/c1-2-3-4-5-6-7-8(9)10;;/h2-7H2,1H3,(H,9,10);1H;/q;;+2/p-2. The second-order valence-corrected chi connectivity index (χ2v) is 2.54. The molecule has 0 aromatic carbocycles. The fourth-order valence-corrected chi connectivity index (χ4v) is 0.873. The third-order valence-corrected chi connectivity index (χ3v) is 1.48. The Morgan fingerprint density at radius 2 is 1.67 bits per heavy atom. The fourth-order valence-electron chi connectivity index (χ4n) is 0.873. The van der Waals surface area contributed by atoms with Crippen LogP contribution >= 0.6 is 0 Å². The second-order valence-electron chi connectivity index (χ2n) is 2.54. The molecule has 0 aliphatic carbocycles. The van der Waals surface area contributed by atoms with E-state index < -0.39 is 5.97 Å². The van der Waals surface area contributed by atoms with Crippen LogP contribution in [0.4, 0.5) is 0 Å². The van der Waals surface area contributed by atoms with Gasteiger partial charge in [-0.25, -0.2) is 0 Å². The molecule has 68 valence electrons. The molecule has 0 unspecified atom stereocenters. The van der Waals surface area contributed by atoms with Crippen LogP contribution in [-0.2, 0) is 4.79 Å². The van der Waals surface area contributed by atoms with Crippen molar-refractivity contribution in [3.8, 4) is 0 Å². The van der Waals surface area contributed by atoms with E-state index in [0.717, 1.165) is 19.3 Å². The molecule has 0 spiro atoms. The Bertz CT molecular complexity index is 99.1. The first kappa shape index (κ1) is 18.3. The number of aliphatic carboxylic acids is 1. The van der Waals surface area contributed by atoms with Gasteiger partial charge in [-0.2, -0.15) is 0 Å². The van der Waals surface area contributed by atoms with E-state index >= 15 is 0 Å². The van der Waals surface area contributed by atoms with Gasteiger partial charge in [0.05, 0.1) is 0 Å². The van der Waals surface area contributed by atoms with Gasteiger partial charge in [0.1, 0.15) is 0 Å². The van der Waals surface area contributed by atoms with Gasteiger partial charge < -0.3 is 22.3 Å². The topological polar surface area (TPSA) is 40.1 Å². The average Bonchev–Trinajstić information content (AvgIpc) is 1.87. The number of carbonyl (C=O) groups excluding carboxylic acids is 1. The van der Waals surface area contributed by atoms with Gasteiger partial charge in [-0.05, 0) is 12.8 Å². The summed E-state index contributed by atoms with van der Waals surface area (Å²) in [5.74, 6) is -0.920. The van der Waals surface area contributed by atoms with Crippen LogP contribution in [0.2, 0.25) is 0 Å². The molecule has 0 saturated carbocycles. The molecule has 0 amide bonds. The van der Waals surface area contributed by atoms with Gasteiger partial charge in [0.25, 0.3) is 0 Å². The summed E-state index contributed by atoms with van der Waals surface area (Å²) >= 11 is 0. The van der Waals surface area contributed by atoms with Crippen molar-refractivity contribution in [2.24, 2.45) is 0 Å². The minimum Gasteiger partial charge on any atom is -1.00 e. The summed E-state index contributed by atoms with van der Waals surface area (Å²) in [6.45, 7) is 2.14. The van der Waals surface area contributed by atoms with Crippen molar-refractivity contribution in [2.45, 2.75) is 45.4 Å². The predicted molar refractivity (Wildman–Crippen MR) is 44.1 cm³/mol. The van der Waals surface area contributed by atoms with Gasteiger partial charge in [-0.15, -0.1) is 0 Å². The van der Waals surface area contributed by atoms with Gasteiger partial charge in [-0.3, -0.25) is 0 Å². The molecule has 0 aliphatic heterocycles. The first-order valence-corrected chi connectivity index (χ1v) is 3.97. The molecule has 0 atom stereocenters. The molecule has 4 heteroatoms. The summed E-state index contributed by atoms with van der Waals surface area (Å²) in [5, 5.41) is 9.92. The minimum atomic E-state index is -0.920. The average molecular weight is 203 g/mol. The molecule has 2 nitrogen and oxygen atoms in total. The van der Waals surface area contributed by atoms with E-state index in [2.05, 4.69) is 6.92 Å². The van der Waals surface area contributed by atoms with E-state index in [1.165, 1.54) is 12.8 Å². The van der Waals surface area contributed by atoms with E-state index in [-0.39, 0.29) is 41.9 Å². The molecule has 0 saturated heterocycles. The summed E-state index contributed by atoms with van der Waals surface area (Å²) < 4.78 is 0. The molecule has 0 fully saturated rings. The zero-order valence-corrected chi connectivity index (χ0v) is 9.81. The number of unbranched alkanes of at least 4 members (excludes halogenated alkanes) is 4. The van der Waals surface area contributed by atoms with E-state index in [1.54, 1.807) is 0 Å². The number of hydrogen-bond donors (Lipinski definition) is 0. The number of carbonyl (C=O) groups is 1. The molecule has 0 aliphatic rings. The predicted octanol–water partition coefficient (Wildman–Crippen LogP) is -2.28. The summed E-state index contributed by atoms with van der Waals surface area (Å²) in [6.07, 6.45) is 5.61. The summed E-state index contributed by atoms with van der Waals surface area (Å²) in [4.78, 5) is 9.92. The van der Waals surface area contributed by atoms with Crippen LogP contribution in [0.25, 0.3) is 0 Å². The minimum absolute atomic E-state index is 0. The number of rotatable bonds is 6. The molecule has 0 rings (SSSR count). The van der Waals surface area contributed by atoms with Crippen LogP contribution in [0.15, 0.2) is 0 Å².